The summed E-state index contributed by atoms with van der Waals surface area (Å²) in [4.78, 5) is 6.43. The number of anilines is 1. The van der Waals surface area contributed by atoms with Crippen LogP contribution in [0.1, 0.15) is 24.5 Å². The monoisotopic (exact) mass is 567 g/mol. The molecule has 2 aliphatic rings. The number of halogens is 3. The number of piperazine rings is 1. The summed E-state index contributed by atoms with van der Waals surface area (Å²) in [7, 11) is -3.84. The average molecular weight is 568 g/mol. The van der Waals surface area contributed by atoms with Crippen molar-refractivity contribution in [2.45, 2.75) is 37.8 Å². The number of aliphatic hydroxyl groups is 1. The number of aromatic nitrogens is 1. The van der Waals surface area contributed by atoms with Crippen LogP contribution in [0.15, 0.2) is 71.9 Å². The first-order valence-corrected chi connectivity index (χ1v) is 13.8. The molecule has 2 aromatic rings. The standard InChI is InChI=1S/C26H28F3N3O4S2/c1-25(33,26(27,28)29)20-8-10-21(11-9-20)32-14-13-31(38(34,35)24-7-3-2-6-23(24)37)16-22(32)18-36-17-19-5-4-12-30-15-19/h2-5,7-12,15,22,33H,6,13-14,16-18H2,1H3/t22-,25+/m0/s1. The second kappa shape index (κ2) is 11.2. The second-order valence-corrected chi connectivity index (χ2v) is 11.7. The lowest BCUT2D eigenvalue weighted by Gasteiger charge is -2.42. The van der Waals surface area contributed by atoms with Crippen LogP contribution in [0.4, 0.5) is 18.9 Å². The van der Waals surface area contributed by atoms with Gasteiger partial charge in [0.15, 0.2) is 5.60 Å². The molecule has 204 valence electrons. The van der Waals surface area contributed by atoms with Crippen molar-refractivity contribution in [3.63, 3.8) is 0 Å². The molecule has 1 aliphatic carbocycles. The number of pyridine rings is 1. The number of alkyl halides is 3. The van der Waals surface area contributed by atoms with E-state index in [4.69, 9.17) is 17.0 Å². The highest BCUT2D eigenvalue weighted by Gasteiger charge is 2.51. The first kappa shape index (κ1) is 28.4. The zero-order valence-corrected chi connectivity index (χ0v) is 22.3. The van der Waals surface area contributed by atoms with Crippen molar-refractivity contribution in [3.05, 3.63) is 83.1 Å². The van der Waals surface area contributed by atoms with Gasteiger partial charge in [0.2, 0.25) is 10.0 Å². The largest absolute Gasteiger partial charge is 0.421 e. The van der Waals surface area contributed by atoms with Crippen LogP contribution in [0.3, 0.4) is 0 Å². The molecule has 0 spiro atoms. The third-order valence-electron chi connectivity index (χ3n) is 6.64. The van der Waals surface area contributed by atoms with Gasteiger partial charge in [0.05, 0.1) is 24.2 Å². The summed E-state index contributed by atoms with van der Waals surface area (Å²) in [5.74, 6) is 0. The van der Waals surface area contributed by atoms with Crippen LogP contribution >= 0.6 is 12.2 Å². The Morgan fingerprint density at radius 3 is 2.55 bits per heavy atom. The van der Waals surface area contributed by atoms with Gasteiger partial charge in [-0.15, -0.1) is 0 Å². The zero-order valence-electron chi connectivity index (χ0n) is 20.6. The number of hydrogen-bond acceptors (Lipinski definition) is 7. The summed E-state index contributed by atoms with van der Waals surface area (Å²) in [6.45, 7) is 1.67. The Morgan fingerprint density at radius 1 is 1.18 bits per heavy atom. The summed E-state index contributed by atoms with van der Waals surface area (Å²) in [5.41, 5.74) is -1.84. The van der Waals surface area contributed by atoms with E-state index in [0.29, 0.717) is 23.9 Å². The number of allylic oxidation sites excluding steroid dienone is 4. The average Bonchev–Trinajstić information content (AvgIpc) is 2.89. The molecule has 0 saturated carbocycles. The van der Waals surface area contributed by atoms with Crippen molar-refractivity contribution >= 4 is 32.8 Å². The van der Waals surface area contributed by atoms with E-state index < -0.39 is 27.8 Å². The van der Waals surface area contributed by atoms with Crippen LogP contribution in [0.25, 0.3) is 0 Å². The van der Waals surface area contributed by atoms with Crippen LogP contribution in [-0.2, 0) is 27.0 Å². The molecule has 4 rings (SSSR count). The van der Waals surface area contributed by atoms with Crippen molar-refractivity contribution in [1.29, 1.82) is 0 Å². The normalized spacial score (nSPS) is 20.8. The number of benzene rings is 1. The van der Waals surface area contributed by atoms with Crippen molar-refractivity contribution in [2.75, 3.05) is 31.1 Å². The topological polar surface area (TPSA) is 83.0 Å². The van der Waals surface area contributed by atoms with Crippen LogP contribution in [-0.4, -0.2) is 66.1 Å². The molecule has 2 atom stereocenters. The van der Waals surface area contributed by atoms with Gasteiger partial charge >= 0.3 is 6.18 Å². The fraction of sp³-hybridized carbons (Fsp3) is 0.385. The summed E-state index contributed by atoms with van der Waals surface area (Å²) in [6.07, 6.45) is 3.84. The molecule has 1 N–H and O–H groups in total. The molecule has 0 amide bonds. The van der Waals surface area contributed by atoms with Crippen LogP contribution < -0.4 is 4.90 Å². The zero-order chi connectivity index (χ0) is 27.6. The van der Waals surface area contributed by atoms with Crippen molar-refractivity contribution in [3.8, 4) is 0 Å². The first-order chi connectivity index (χ1) is 17.9. The van der Waals surface area contributed by atoms with Crippen molar-refractivity contribution < 1.29 is 31.4 Å². The van der Waals surface area contributed by atoms with Gasteiger partial charge in [-0.05, 0) is 42.3 Å². The first-order valence-electron chi connectivity index (χ1n) is 11.9. The fourth-order valence-corrected chi connectivity index (χ4v) is 6.43. The molecule has 1 aromatic carbocycles. The summed E-state index contributed by atoms with van der Waals surface area (Å²) >= 11 is 5.30. The van der Waals surface area contributed by atoms with E-state index in [1.54, 1.807) is 30.6 Å². The quantitative estimate of drug-likeness (QED) is 0.481. The van der Waals surface area contributed by atoms with Gasteiger partial charge in [0.25, 0.3) is 0 Å². The minimum absolute atomic E-state index is 0.0983. The number of nitrogens with zero attached hydrogens (tertiary/aromatic N) is 3. The number of rotatable bonds is 8. The van der Waals surface area contributed by atoms with E-state index in [1.807, 2.05) is 11.0 Å². The van der Waals surface area contributed by atoms with Gasteiger partial charge in [0, 0.05) is 49.0 Å². The highest BCUT2D eigenvalue weighted by molar-refractivity contribution is 7.96. The van der Waals surface area contributed by atoms with Gasteiger partial charge in [-0.3, -0.25) is 4.98 Å². The highest BCUT2D eigenvalue weighted by atomic mass is 32.2. The van der Waals surface area contributed by atoms with E-state index >= 15 is 0 Å². The van der Waals surface area contributed by atoms with Crippen LogP contribution in [0.2, 0.25) is 0 Å². The van der Waals surface area contributed by atoms with Gasteiger partial charge in [-0.2, -0.15) is 17.5 Å². The van der Waals surface area contributed by atoms with E-state index in [9.17, 15) is 26.7 Å². The fourth-order valence-electron chi connectivity index (χ4n) is 4.36. The van der Waals surface area contributed by atoms with Gasteiger partial charge in [0.1, 0.15) is 0 Å². The van der Waals surface area contributed by atoms with Gasteiger partial charge in [-0.1, -0.05) is 42.6 Å². The predicted octanol–water partition coefficient (Wildman–Crippen LogP) is 4.10. The highest BCUT2D eigenvalue weighted by Crippen LogP contribution is 2.39. The molecule has 1 fully saturated rings. The molecular formula is C26H28F3N3O4S2. The van der Waals surface area contributed by atoms with E-state index in [0.717, 1.165) is 5.56 Å². The molecular weight excluding hydrogens is 539 g/mol. The Morgan fingerprint density at radius 2 is 1.92 bits per heavy atom. The lowest BCUT2D eigenvalue weighted by atomic mass is 9.95. The van der Waals surface area contributed by atoms with Crippen LogP contribution in [0.5, 0.6) is 0 Å². The summed E-state index contributed by atoms with van der Waals surface area (Å²) in [6, 6.07) is 8.67. The lowest BCUT2D eigenvalue weighted by molar-refractivity contribution is -0.258. The number of ether oxygens (including phenoxy) is 1. The summed E-state index contributed by atoms with van der Waals surface area (Å²) < 4.78 is 74.0. The molecule has 2 heterocycles. The van der Waals surface area contributed by atoms with Gasteiger partial charge < -0.3 is 14.7 Å². The Bertz CT molecular complexity index is 1310. The number of hydrogen-bond donors (Lipinski definition) is 1. The predicted molar refractivity (Wildman–Crippen MR) is 142 cm³/mol. The maximum Gasteiger partial charge on any atom is 0.421 e. The van der Waals surface area contributed by atoms with Crippen LogP contribution in [0, 0.1) is 0 Å². The van der Waals surface area contributed by atoms with Crippen molar-refractivity contribution in [2.24, 2.45) is 0 Å². The molecule has 0 radical (unpaired) electrons. The Labute approximate surface area is 225 Å². The molecule has 7 nitrogen and oxygen atoms in total. The Kier molecular flexibility index (Phi) is 8.38. The van der Waals surface area contributed by atoms with E-state index in [-0.39, 0.29) is 43.3 Å². The third kappa shape index (κ3) is 5.99. The minimum atomic E-state index is -4.83. The Hall–Kier alpha value is -2.64. The number of thiocarbonyl (C=S) groups is 1. The van der Waals surface area contributed by atoms with E-state index in [1.165, 1.54) is 34.6 Å². The van der Waals surface area contributed by atoms with E-state index in [2.05, 4.69) is 4.98 Å². The third-order valence-corrected chi connectivity index (χ3v) is 9.11. The molecule has 38 heavy (non-hydrogen) atoms. The lowest BCUT2D eigenvalue weighted by Crippen LogP contribution is -2.57. The maximum absolute atomic E-state index is 13.4. The molecule has 1 saturated heterocycles. The molecule has 1 aromatic heterocycles. The smallest absolute Gasteiger partial charge is 0.376 e. The maximum atomic E-state index is 13.4. The second-order valence-electron chi connectivity index (χ2n) is 9.29. The molecule has 0 bridgehead atoms. The molecule has 0 unspecified atom stereocenters. The molecule has 12 heteroatoms. The Balaban J connectivity index is 1.56. The number of sulfonamides is 1. The summed E-state index contributed by atoms with van der Waals surface area (Å²) in [5, 5.41) is 10.0. The van der Waals surface area contributed by atoms with Gasteiger partial charge in [-0.25, -0.2) is 8.42 Å². The minimum Gasteiger partial charge on any atom is -0.376 e. The van der Waals surface area contributed by atoms with Crippen molar-refractivity contribution in [1.82, 2.24) is 9.29 Å². The SMILES string of the molecule is C[C@@](O)(c1ccc(N2CCN(S(=O)(=O)C3=CC=CCC3=S)C[C@H]2COCc2cccnc2)cc1)C(F)(F)F. The molecule has 1 aliphatic heterocycles.